The standard InChI is InChI=1S/C20H23NO4S/c1-3-25-19(22)20(13-21)17(15-7-5-4-6-8-15)18(20)26(23,24)16-11-9-14(2)10-12-16/h4-12,17-18H,3,13,21H2,1-2H3/t17-,18-,20-/m0/s1. The fourth-order valence-electron chi connectivity index (χ4n) is 3.70. The molecule has 1 fully saturated rings. The summed E-state index contributed by atoms with van der Waals surface area (Å²) in [5, 5.41) is -0.927. The summed E-state index contributed by atoms with van der Waals surface area (Å²) >= 11 is 0. The number of rotatable bonds is 6. The molecule has 0 heterocycles. The van der Waals surface area contributed by atoms with Gasteiger partial charge in [0.05, 0.1) is 16.8 Å². The van der Waals surface area contributed by atoms with Crippen LogP contribution in [0.4, 0.5) is 0 Å². The molecule has 0 aliphatic heterocycles. The van der Waals surface area contributed by atoms with Crippen LogP contribution in [0.5, 0.6) is 0 Å². The number of hydrogen-bond donors (Lipinski definition) is 1. The third kappa shape index (κ3) is 2.83. The van der Waals surface area contributed by atoms with Crippen LogP contribution in [0.25, 0.3) is 0 Å². The van der Waals surface area contributed by atoms with E-state index in [1.54, 1.807) is 31.2 Å². The summed E-state index contributed by atoms with van der Waals surface area (Å²) in [6.07, 6.45) is 0. The van der Waals surface area contributed by atoms with Crippen molar-refractivity contribution in [3.63, 3.8) is 0 Å². The fraction of sp³-hybridized carbons (Fsp3) is 0.350. The Morgan fingerprint density at radius 1 is 1.12 bits per heavy atom. The summed E-state index contributed by atoms with van der Waals surface area (Å²) in [6.45, 7) is 3.69. The van der Waals surface area contributed by atoms with E-state index in [0.29, 0.717) is 0 Å². The zero-order valence-corrected chi connectivity index (χ0v) is 15.7. The summed E-state index contributed by atoms with van der Waals surface area (Å²) in [6, 6.07) is 15.8. The molecule has 1 aliphatic rings. The minimum Gasteiger partial charge on any atom is -0.465 e. The summed E-state index contributed by atoms with van der Waals surface area (Å²) in [7, 11) is -3.74. The van der Waals surface area contributed by atoms with Gasteiger partial charge in [0, 0.05) is 12.5 Å². The Morgan fingerprint density at radius 2 is 1.73 bits per heavy atom. The van der Waals surface area contributed by atoms with Gasteiger partial charge >= 0.3 is 5.97 Å². The van der Waals surface area contributed by atoms with Crippen molar-refractivity contribution in [2.24, 2.45) is 11.1 Å². The van der Waals surface area contributed by atoms with Crippen LogP contribution in [0.2, 0.25) is 0 Å². The average molecular weight is 373 g/mol. The Kier molecular flexibility index (Phi) is 4.90. The van der Waals surface area contributed by atoms with Crippen LogP contribution in [-0.2, 0) is 19.4 Å². The molecule has 5 nitrogen and oxygen atoms in total. The van der Waals surface area contributed by atoms with Crippen LogP contribution in [0.1, 0.15) is 24.0 Å². The second kappa shape index (κ2) is 6.85. The first-order valence-corrected chi connectivity index (χ1v) is 10.2. The van der Waals surface area contributed by atoms with Gasteiger partial charge in [-0.15, -0.1) is 0 Å². The van der Waals surface area contributed by atoms with E-state index in [9.17, 15) is 13.2 Å². The molecule has 1 saturated carbocycles. The number of esters is 1. The highest BCUT2D eigenvalue weighted by Gasteiger charge is 2.75. The van der Waals surface area contributed by atoms with Crippen LogP contribution in [-0.4, -0.2) is 32.8 Å². The molecule has 26 heavy (non-hydrogen) atoms. The maximum absolute atomic E-state index is 13.3. The number of carbonyl (C=O) groups is 1. The van der Waals surface area contributed by atoms with Gasteiger partial charge in [0.15, 0.2) is 9.84 Å². The minimum absolute atomic E-state index is 0.0822. The van der Waals surface area contributed by atoms with Gasteiger partial charge in [0.2, 0.25) is 0 Å². The molecule has 2 N–H and O–H groups in total. The first-order chi connectivity index (χ1) is 12.4. The minimum atomic E-state index is -3.74. The molecule has 138 valence electrons. The molecule has 0 radical (unpaired) electrons. The topological polar surface area (TPSA) is 86.5 Å². The van der Waals surface area contributed by atoms with Crippen molar-refractivity contribution in [3.8, 4) is 0 Å². The highest BCUT2D eigenvalue weighted by molar-refractivity contribution is 7.92. The quantitative estimate of drug-likeness (QED) is 0.786. The van der Waals surface area contributed by atoms with Crippen molar-refractivity contribution in [1.29, 1.82) is 0 Å². The van der Waals surface area contributed by atoms with Crippen molar-refractivity contribution in [2.45, 2.75) is 29.9 Å². The first-order valence-electron chi connectivity index (χ1n) is 8.62. The molecule has 6 heteroatoms. The van der Waals surface area contributed by atoms with Crippen molar-refractivity contribution >= 4 is 15.8 Å². The molecule has 0 aromatic heterocycles. The first kappa shape index (κ1) is 18.6. The lowest BCUT2D eigenvalue weighted by molar-refractivity contribution is -0.149. The summed E-state index contributed by atoms with van der Waals surface area (Å²) in [5.74, 6) is -1.06. The summed E-state index contributed by atoms with van der Waals surface area (Å²) < 4.78 is 31.8. The van der Waals surface area contributed by atoms with E-state index in [1.165, 1.54) is 0 Å². The molecule has 3 atom stereocenters. The lowest BCUT2D eigenvalue weighted by Gasteiger charge is -2.14. The van der Waals surface area contributed by atoms with Crippen LogP contribution < -0.4 is 5.73 Å². The summed E-state index contributed by atoms with van der Waals surface area (Å²) in [4.78, 5) is 12.9. The van der Waals surface area contributed by atoms with Gasteiger partial charge in [-0.2, -0.15) is 0 Å². The zero-order chi connectivity index (χ0) is 18.9. The maximum Gasteiger partial charge on any atom is 0.315 e. The number of sulfone groups is 1. The second-order valence-corrected chi connectivity index (χ2v) is 8.70. The zero-order valence-electron chi connectivity index (χ0n) is 14.9. The Bertz CT molecular complexity index is 893. The number of benzene rings is 2. The van der Waals surface area contributed by atoms with Gasteiger partial charge in [0.25, 0.3) is 0 Å². The van der Waals surface area contributed by atoms with Gasteiger partial charge in [-0.05, 0) is 31.5 Å². The molecule has 0 unspecified atom stereocenters. The molecule has 0 amide bonds. The van der Waals surface area contributed by atoms with E-state index in [0.717, 1.165) is 11.1 Å². The molecule has 2 aromatic rings. The Balaban J connectivity index is 2.10. The van der Waals surface area contributed by atoms with Gasteiger partial charge in [0.1, 0.15) is 5.41 Å². The average Bonchev–Trinajstić information content (AvgIpc) is 3.35. The maximum atomic E-state index is 13.3. The number of ether oxygens (including phenoxy) is 1. The molecule has 0 saturated heterocycles. The molecule has 0 spiro atoms. The summed E-state index contributed by atoms with van der Waals surface area (Å²) in [5.41, 5.74) is 6.45. The molecular formula is C20H23NO4S. The highest BCUT2D eigenvalue weighted by atomic mass is 32.2. The van der Waals surface area contributed by atoms with Gasteiger partial charge in [-0.25, -0.2) is 8.42 Å². The van der Waals surface area contributed by atoms with E-state index in [-0.39, 0.29) is 18.0 Å². The van der Waals surface area contributed by atoms with E-state index >= 15 is 0 Å². The van der Waals surface area contributed by atoms with Gasteiger partial charge in [-0.1, -0.05) is 48.0 Å². The van der Waals surface area contributed by atoms with Crippen molar-refractivity contribution in [1.82, 2.24) is 0 Å². The monoisotopic (exact) mass is 373 g/mol. The van der Waals surface area contributed by atoms with Gasteiger partial charge in [-0.3, -0.25) is 4.79 Å². The Labute approximate surface area is 154 Å². The fourth-order valence-corrected chi connectivity index (χ4v) is 6.08. The van der Waals surface area contributed by atoms with Crippen LogP contribution in [0.15, 0.2) is 59.5 Å². The van der Waals surface area contributed by atoms with Crippen LogP contribution in [0, 0.1) is 12.3 Å². The predicted molar refractivity (Wildman–Crippen MR) is 99.5 cm³/mol. The molecule has 3 rings (SSSR count). The van der Waals surface area contributed by atoms with Crippen LogP contribution in [0.3, 0.4) is 0 Å². The van der Waals surface area contributed by atoms with Crippen molar-refractivity contribution in [2.75, 3.05) is 13.2 Å². The third-order valence-electron chi connectivity index (χ3n) is 5.09. The predicted octanol–water partition coefficient (Wildman–Crippen LogP) is 2.44. The molecule has 1 aliphatic carbocycles. The number of carbonyl (C=O) groups excluding carboxylic acids is 1. The highest BCUT2D eigenvalue weighted by Crippen LogP contribution is 2.64. The van der Waals surface area contributed by atoms with E-state index < -0.39 is 32.4 Å². The lowest BCUT2D eigenvalue weighted by atomic mass is 9.99. The second-order valence-electron chi connectivity index (χ2n) is 6.63. The van der Waals surface area contributed by atoms with E-state index in [1.807, 2.05) is 37.3 Å². The number of aryl methyl sites for hydroxylation is 1. The SMILES string of the molecule is CCOC(=O)[C@@]1(CN)[C@@H](c2ccccc2)[C@@H]1S(=O)(=O)c1ccc(C)cc1. The normalized spacial score (nSPS) is 24.9. The Hall–Kier alpha value is -2.18. The van der Waals surface area contributed by atoms with Gasteiger partial charge < -0.3 is 10.5 Å². The van der Waals surface area contributed by atoms with E-state index in [2.05, 4.69) is 0 Å². The Morgan fingerprint density at radius 3 is 2.27 bits per heavy atom. The lowest BCUT2D eigenvalue weighted by Crippen LogP contribution is -2.33. The molecular weight excluding hydrogens is 350 g/mol. The van der Waals surface area contributed by atoms with Crippen LogP contribution >= 0.6 is 0 Å². The van der Waals surface area contributed by atoms with E-state index in [4.69, 9.17) is 10.5 Å². The largest absolute Gasteiger partial charge is 0.465 e. The molecule has 2 aromatic carbocycles. The molecule has 0 bridgehead atoms. The van der Waals surface area contributed by atoms with Crippen molar-refractivity contribution in [3.05, 3.63) is 65.7 Å². The number of nitrogens with two attached hydrogens (primary N) is 1. The van der Waals surface area contributed by atoms with Crippen molar-refractivity contribution < 1.29 is 17.9 Å². The number of hydrogen-bond acceptors (Lipinski definition) is 5. The smallest absolute Gasteiger partial charge is 0.315 e. The third-order valence-corrected chi connectivity index (χ3v) is 7.38.